The molecule has 1 saturated heterocycles. The van der Waals surface area contributed by atoms with E-state index in [9.17, 15) is 5.11 Å². The Morgan fingerprint density at radius 2 is 1.85 bits per heavy atom. The largest absolute Gasteiger partial charge is 0.379 e. The second-order valence-electron chi connectivity index (χ2n) is 10.1. The van der Waals surface area contributed by atoms with Crippen molar-refractivity contribution in [1.29, 1.82) is 0 Å². The lowest BCUT2D eigenvalue weighted by molar-refractivity contribution is -0.0249. The summed E-state index contributed by atoms with van der Waals surface area (Å²) in [5, 5.41) is 10.3. The molecule has 27 heavy (non-hydrogen) atoms. The van der Waals surface area contributed by atoms with Crippen LogP contribution >= 0.6 is 0 Å². The highest BCUT2D eigenvalue weighted by atomic mass is 16.3. The maximum absolute atomic E-state index is 10.3. The van der Waals surface area contributed by atoms with Crippen molar-refractivity contribution < 1.29 is 5.11 Å². The number of hydrogen-bond donors (Lipinski definition) is 1. The Morgan fingerprint density at radius 1 is 1.11 bits per heavy atom. The first kappa shape index (κ1) is 18.1. The molecular formula is C24H36N2O. The molecule has 6 rings (SSSR count). The van der Waals surface area contributed by atoms with Crippen molar-refractivity contribution in [1.82, 2.24) is 9.80 Å². The molecule has 2 atom stereocenters. The third kappa shape index (κ3) is 3.36. The quantitative estimate of drug-likeness (QED) is 0.873. The van der Waals surface area contributed by atoms with Crippen molar-refractivity contribution >= 4 is 0 Å². The standard InChI is InChI=1S/C24H36N2O/c1-18(27)26-16-21-4-2-3-5-23(21)24(17-26)10-12-25(13-11-24)15-22-14-19-6-8-20(22)9-7-19/h2-5,18-20,22,27H,6-17H2,1H3. The number of aliphatic hydroxyl groups is 1. The maximum Gasteiger partial charge on any atom is 0.104 e. The third-order valence-electron chi connectivity index (χ3n) is 8.50. The van der Waals surface area contributed by atoms with Crippen molar-refractivity contribution in [2.45, 2.75) is 70.1 Å². The molecule has 3 aliphatic carbocycles. The topological polar surface area (TPSA) is 26.7 Å². The van der Waals surface area contributed by atoms with Gasteiger partial charge in [0, 0.05) is 25.0 Å². The Labute approximate surface area is 164 Å². The molecular weight excluding hydrogens is 332 g/mol. The minimum Gasteiger partial charge on any atom is -0.379 e. The van der Waals surface area contributed by atoms with Crippen LogP contribution in [0.2, 0.25) is 0 Å². The Hall–Kier alpha value is -0.900. The molecule has 1 aromatic carbocycles. The molecule has 2 aliphatic heterocycles. The number of rotatable bonds is 3. The van der Waals surface area contributed by atoms with Crippen molar-refractivity contribution in [2.75, 3.05) is 26.2 Å². The zero-order valence-electron chi connectivity index (χ0n) is 16.9. The minimum absolute atomic E-state index is 0.244. The number of hydrogen-bond acceptors (Lipinski definition) is 3. The van der Waals surface area contributed by atoms with Crippen molar-refractivity contribution in [3.8, 4) is 0 Å². The normalized spacial score (nSPS) is 34.5. The molecule has 1 aromatic rings. The molecule has 0 aromatic heterocycles. The highest BCUT2D eigenvalue weighted by Crippen LogP contribution is 2.46. The van der Waals surface area contributed by atoms with Crippen LogP contribution in [0.25, 0.3) is 0 Å². The first-order chi connectivity index (χ1) is 13.1. The fourth-order valence-electron chi connectivity index (χ4n) is 6.85. The lowest BCUT2D eigenvalue weighted by Crippen LogP contribution is -2.54. The summed E-state index contributed by atoms with van der Waals surface area (Å²) < 4.78 is 0. The number of likely N-dealkylation sites (tertiary alicyclic amines) is 1. The molecule has 2 bridgehead atoms. The van der Waals surface area contributed by atoms with E-state index in [1.165, 1.54) is 70.1 Å². The van der Waals surface area contributed by atoms with Gasteiger partial charge in [0.1, 0.15) is 6.23 Å². The van der Waals surface area contributed by atoms with E-state index in [0.717, 1.165) is 30.8 Å². The third-order valence-corrected chi connectivity index (χ3v) is 8.50. The van der Waals surface area contributed by atoms with Gasteiger partial charge in [0.2, 0.25) is 0 Å². The van der Waals surface area contributed by atoms with Gasteiger partial charge in [-0.25, -0.2) is 0 Å². The van der Waals surface area contributed by atoms with Gasteiger partial charge in [-0.3, -0.25) is 4.90 Å². The lowest BCUT2D eigenvalue weighted by Gasteiger charge is -2.51. The average molecular weight is 369 g/mol. The molecule has 3 nitrogen and oxygen atoms in total. The monoisotopic (exact) mass is 368 g/mol. The number of fused-ring (bicyclic) bond motifs is 5. The summed E-state index contributed by atoms with van der Waals surface area (Å²) in [5.74, 6) is 3.03. The van der Waals surface area contributed by atoms with E-state index in [1.807, 2.05) is 6.92 Å². The number of nitrogens with zero attached hydrogens (tertiary/aromatic N) is 2. The first-order valence-electron chi connectivity index (χ1n) is 11.4. The number of aliphatic hydroxyl groups excluding tert-OH is 1. The van der Waals surface area contributed by atoms with Crippen LogP contribution < -0.4 is 0 Å². The number of benzene rings is 1. The van der Waals surface area contributed by atoms with Crippen LogP contribution in [0.15, 0.2) is 24.3 Å². The van der Waals surface area contributed by atoms with Crippen LogP contribution in [0.5, 0.6) is 0 Å². The van der Waals surface area contributed by atoms with Crippen LogP contribution in [0.1, 0.15) is 63.0 Å². The van der Waals surface area contributed by atoms with Crippen LogP contribution in [0, 0.1) is 17.8 Å². The summed E-state index contributed by atoms with van der Waals surface area (Å²) in [5.41, 5.74) is 3.24. The predicted molar refractivity (Wildman–Crippen MR) is 109 cm³/mol. The maximum atomic E-state index is 10.3. The highest BCUT2D eigenvalue weighted by Gasteiger charge is 2.43. The zero-order valence-corrected chi connectivity index (χ0v) is 16.9. The second-order valence-corrected chi connectivity index (χ2v) is 10.1. The zero-order chi connectivity index (χ0) is 18.4. The molecule has 1 spiro atoms. The molecule has 4 fully saturated rings. The highest BCUT2D eigenvalue weighted by molar-refractivity contribution is 5.38. The smallest absolute Gasteiger partial charge is 0.104 e. The molecule has 1 N–H and O–H groups in total. The van der Waals surface area contributed by atoms with Gasteiger partial charge in [-0.2, -0.15) is 0 Å². The van der Waals surface area contributed by atoms with Gasteiger partial charge < -0.3 is 10.0 Å². The predicted octanol–water partition coefficient (Wildman–Crippen LogP) is 4.00. The van der Waals surface area contributed by atoms with Gasteiger partial charge in [-0.1, -0.05) is 37.1 Å². The van der Waals surface area contributed by atoms with Crippen molar-refractivity contribution in [3.05, 3.63) is 35.4 Å². The Kier molecular flexibility index (Phi) is 4.82. The summed E-state index contributed by atoms with van der Waals surface area (Å²) in [6.07, 6.45) is 9.67. The molecule has 3 heteroatoms. The summed E-state index contributed by atoms with van der Waals surface area (Å²) in [7, 11) is 0. The van der Waals surface area contributed by atoms with Gasteiger partial charge in [0.25, 0.3) is 0 Å². The SMILES string of the molecule is CC(O)N1Cc2ccccc2C2(CCN(CC3CC4CCC3CC4)CC2)C1. The molecule has 3 saturated carbocycles. The molecule has 148 valence electrons. The molecule has 0 amide bonds. The van der Waals surface area contributed by atoms with E-state index in [0.29, 0.717) is 0 Å². The fourth-order valence-corrected chi connectivity index (χ4v) is 6.85. The summed E-state index contributed by atoms with van der Waals surface area (Å²) >= 11 is 0. The van der Waals surface area contributed by atoms with Crippen LogP contribution in [-0.2, 0) is 12.0 Å². The van der Waals surface area contributed by atoms with Gasteiger partial charge in [-0.15, -0.1) is 0 Å². The van der Waals surface area contributed by atoms with Gasteiger partial charge >= 0.3 is 0 Å². The van der Waals surface area contributed by atoms with E-state index >= 15 is 0 Å². The first-order valence-corrected chi connectivity index (χ1v) is 11.4. The van der Waals surface area contributed by atoms with Crippen molar-refractivity contribution in [3.63, 3.8) is 0 Å². The Morgan fingerprint density at radius 3 is 2.52 bits per heavy atom. The van der Waals surface area contributed by atoms with E-state index in [2.05, 4.69) is 34.1 Å². The number of piperidine rings is 1. The van der Waals surface area contributed by atoms with Crippen molar-refractivity contribution in [2.24, 2.45) is 17.8 Å². The van der Waals surface area contributed by atoms with E-state index in [4.69, 9.17) is 0 Å². The average Bonchev–Trinajstić information content (AvgIpc) is 2.71. The van der Waals surface area contributed by atoms with Gasteiger partial charge in [0.05, 0.1) is 0 Å². The molecule has 2 heterocycles. The molecule has 0 radical (unpaired) electrons. The fraction of sp³-hybridized carbons (Fsp3) is 0.750. The van der Waals surface area contributed by atoms with Crippen LogP contribution in [0.4, 0.5) is 0 Å². The summed E-state index contributed by atoms with van der Waals surface area (Å²) in [4.78, 5) is 5.05. The van der Waals surface area contributed by atoms with E-state index in [-0.39, 0.29) is 11.6 Å². The summed E-state index contributed by atoms with van der Waals surface area (Å²) in [6.45, 7) is 7.65. The Balaban J connectivity index is 1.29. The lowest BCUT2D eigenvalue weighted by atomic mass is 9.64. The van der Waals surface area contributed by atoms with Gasteiger partial charge in [-0.05, 0) is 81.0 Å². The minimum atomic E-state index is -0.356. The van der Waals surface area contributed by atoms with E-state index < -0.39 is 0 Å². The van der Waals surface area contributed by atoms with E-state index in [1.54, 1.807) is 5.56 Å². The van der Waals surface area contributed by atoms with Crippen LogP contribution in [0.3, 0.4) is 0 Å². The Bertz CT molecular complexity index is 656. The van der Waals surface area contributed by atoms with Crippen LogP contribution in [-0.4, -0.2) is 47.3 Å². The summed E-state index contributed by atoms with van der Waals surface area (Å²) in [6, 6.07) is 9.01. The molecule has 2 unspecified atom stereocenters. The second kappa shape index (κ2) is 7.17. The van der Waals surface area contributed by atoms with Gasteiger partial charge in [0.15, 0.2) is 0 Å². The molecule has 5 aliphatic rings.